The van der Waals surface area contributed by atoms with E-state index in [9.17, 15) is 0 Å². The van der Waals surface area contributed by atoms with Crippen LogP contribution in [-0.4, -0.2) is 50.1 Å². The molecule has 1 unspecified atom stereocenters. The first-order valence-corrected chi connectivity index (χ1v) is 7.72. The van der Waals surface area contributed by atoms with E-state index in [0.29, 0.717) is 0 Å². The fraction of sp³-hybridized carbons (Fsp3) is 0.647. The predicted octanol–water partition coefficient (Wildman–Crippen LogP) is 2.66. The van der Waals surface area contributed by atoms with Crippen molar-refractivity contribution in [2.24, 2.45) is 5.73 Å². The molecule has 2 N–H and O–H groups in total. The van der Waals surface area contributed by atoms with Crippen LogP contribution in [0.25, 0.3) is 0 Å². The number of nitrogens with zero attached hydrogens (tertiary/aromatic N) is 2. The van der Waals surface area contributed by atoms with Crippen molar-refractivity contribution in [2.45, 2.75) is 32.7 Å². The molecule has 0 bridgehead atoms. The number of aryl methyl sites for hydroxylation is 1. The molecule has 0 spiro atoms. The second-order valence-electron chi connectivity index (χ2n) is 5.90. The van der Waals surface area contributed by atoms with E-state index in [0.717, 1.165) is 32.6 Å². The number of benzene rings is 1. The molecular weight excluding hydrogens is 246 g/mol. The van der Waals surface area contributed by atoms with Gasteiger partial charge in [0.25, 0.3) is 0 Å². The fourth-order valence-electron chi connectivity index (χ4n) is 2.47. The topological polar surface area (TPSA) is 32.5 Å². The molecule has 20 heavy (non-hydrogen) atoms. The Labute approximate surface area is 124 Å². The van der Waals surface area contributed by atoms with Crippen molar-refractivity contribution in [3.8, 4) is 0 Å². The van der Waals surface area contributed by atoms with Gasteiger partial charge in [0.2, 0.25) is 0 Å². The molecule has 0 aliphatic rings. The van der Waals surface area contributed by atoms with Gasteiger partial charge in [-0.15, -0.1) is 0 Å². The molecule has 0 fully saturated rings. The maximum Gasteiger partial charge on any atom is 0.0309 e. The molecule has 1 atom stereocenters. The summed E-state index contributed by atoms with van der Waals surface area (Å²) in [5.74, 6) is 0. The molecule has 0 saturated carbocycles. The van der Waals surface area contributed by atoms with Gasteiger partial charge < -0.3 is 15.5 Å². The van der Waals surface area contributed by atoms with Crippen molar-refractivity contribution in [3.05, 3.63) is 35.4 Å². The maximum atomic E-state index is 6.36. The van der Waals surface area contributed by atoms with Gasteiger partial charge in [0.1, 0.15) is 0 Å². The van der Waals surface area contributed by atoms with Crippen molar-refractivity contribution in [1.29, 1.82) is 0 Å². The fourth-order valence-corrected chi connectivity index (χ4v) is 2.47. The van der Waals surface area contributed by atoms with E-state index >= 15 is 0 Å². The molecule has 3 heteroatoms. The van der Waals surface area contributed by atoms with Crippen LogP contribution in [0.15, 0.2) is 24.3 Å². The molecule has 1 aromatic rings. The number of nitrogens with two attached hydrogens (primary N) is 1. The van der Waals surface area contributed by atoms with Crippen LogP contribution in [0.2, 0.25) is 0 Å². The van der Waals surface area contributed by atoms with Crippen LogP contribution >= 0.6 is 0 Å². The van der Waals surface area contributed by atoms with E-state index in [1.54, 1.807) is 0 Å². The lowest BCUT2D eigenvalue weighted by Gasteiger charge is -2.25. The van der Waals surface area contributed by atoms with Gasteiger partial charge in [0.05, 0.1) is 0 Å². The molecule has 0 aliphatic heterocycles. The van der Waals surface area contributed by atoms with Crippen LogP contribution in [0.1, 0.15) is 36.9 Å². The van der Waals surface area contributed by atoms with Gasteiger partial charge in [0.15, 0.2) is 0 Å². The zero-order chi connectivity index (χ0) is 15.0. The average molecular weight is 277 g/mol. The highest BCUT2D eigenvalue weighted by molar-refractivity contribution is 5.28. The predicted molar refractivity (Wildman–Crippen MR) is 88.0 cm³/mol. The summed E-state index contributed by atoms with van der Waals surface area (Å²) in [6, 6.07) is 8.61. The monoisotopic (exact) mass is 277 g/mol. The highest BCUT2D eigenvalue weighted by Crippen LogP contribution is 2.18. The Balaban J connectivity index is 2.47. The highest BCUT2D eigenvalue weighted by Gasteiger charge is 2.11. The quantitative estimate of drug-likeness (QED) is 0.753. The minimum atomic E-state index is 0.148. The van der Waals surface area contributed by atoms with Crippen molar-refractivity contribution in [1.82, 2.24) is 9.80 Å². The van der Waals surface area contributed by atoms with E-state index in [2.05, 4.69) is 62.0 Å². The summed E-state index contributed by atoms with van der Waals surface area (Å²) < 4.78 is 0. The third-order valence-corrected chi connectivity index (χ3v) is 3.75. The van der Waals surface area contributed by atoms with Crippen LogP contribution in [-0.2, 0) is 0 Å². The zero-order valence-electron chi connectivity index (χ0n) is 13.6. The Morgan fingerprint density at radius 1 is 1.05 bits per heavy atom. The molecule has 1 rings (SSSR count). The molecule has 0 aromatic heterocycles. The Hall–Kier alpha value is -0.900. The molecule has 3 nitrogen and oxygen atoms in total. The van der Waals surface area contributed by atoms with E-state index in [-0.39, 0.29) is 6.04 Å². The third kappa shape index (κ3) is 6.04. The lowest BCUT2D eigenvalue weighted by Crippen LogP contribution is -2.34. The van der Waals surface area contributed by atoms with Crippen LogP contribution in [0.4, 0.5) is 0 Å². The summed E-state index contributed by atoms with van der Waals surface area (Å²) in [6.07, 6.45) is 2.23. The van der Waals surface area contributed by atoms with Gasteiger partial charge in [-0.1, -0.05) is 31.2 Å². The average Bonchev–Trinajstić information content (AvgIpc) is 2.42. The van der Waals surface area contributed by atoms with Crippen LogP contribution in [0, 0.1) is 6.92 Å². The largest absolute Gasteiger partial charge is 0.324 e. The van der Waals surface area contributed by atoms with Gasteiger partial charge in [0, 0.05) is 19.1 Å². The number of rotatable bonds is 9. The minimum absolute atomic E-state index is 0.148. The van der Waals surface area contributed by atoms with Crippen LogP contribution in [0.3, 0.4) is 0 Å². The lowest BCUT2D eigenvalue weighted by atomic mass is 9.99. The number of likely N-dealkylation sites (N-methyl/N-ethyl adjacent to an activating group) is 1. The van der Waals surface area contributed by atoms with Crippen LogP contribution < -0.4 is 5.73 Å². The second kappa shape index (κ2) is 9.11. The normalized spacial score (nSPS) is 13.2. The Morgan fingerprint density at radius 3 is 2.35 bits per heavy atom. The summed E-state index contributed by atoms with van der Waals surface area (Å²) >= 11 is 0. The van der Waals surface area contributed by atoms with E-state index in [4.69, 9.17) is 5.73 Å². The first-order chi connectivity index (χ1) is 9.54. The Bertz CT molecular complexity index is 376. The van der Waals surface area contributed by atoms with Gasteiger partial charge in [-0.05, 0) is 58.1 Å². The molecule has 0 heterocycles. The zero-order valence-corrected chi connectivity index (χ0v) is 13.6. The smallest absolute Gasteiger partial charge is 0.0309 e. The molecule has 0 saturated heterocycles. The Morgan fingerprint density at radius 2 is 1.75 bits per heavy atom. The number of hydrogen-bond acceptors (Lipinski definition) is 3. The highest BCUT2D eigenvalue weighted by atomic mass is 15.2. The van der Waals surface area contributed by atoms with Crippen molar-refractivity contribution < 1.29 is 0 Å². The van der Waals surface area contributed by atoms with E-state index < -0.39 is 0 Å². The van der Waals surface area contributed by atoms with Gasteiger partial charge in [-0.3, -0.25) is 0 Å². The summed E-state index contributed by atoms with van der Waals surface area (Å²) in [6.45, 7) is 8.86. The minimum Gasteiger partial charge on any atom is -0.324 e. The second-order valence-corrected chi connectivity index (χ2v) is 5.90. The molecule has 0 aliphatic carbocycles. The SMILES string of the molecule is CCCN(CCC(N)c1ccccc1C)CCN(C)C. The van der Waals surface area contributed by atoms with E-state index in [1.165, 1.54) is 17.5 Å². The first-order valence-electron chi connectivity index (χ1n) is 7.72. The van der Waals surface area contributed by atoms with Gasteiger partial charge >= 0.3 is 0 Å². The van der Waals surface area contributed by atoms with Gasteiger partial charge in [-0.2, -0.15) is 0 Å². The first kappa shape index (κ1) is 17.2. The third-order valence-electron chi connectivity index (χ3n) is 3.75. The standard InChI is InChI=1S/C17H31N3/c1-5-11-20(14-13-19(3)4)12-10-17(18)16-9-7-6-8-15(16)2/h6-9,17H,5,10-14,18H2,1-4H3. The molecule has 0 radical (unpaired) electrons. The van der Waals surface area contributed by atoms with E-state index in [1.807, 2.05) is 0 Å². The summed E-state index contributed by atoms with van der Waals surface area (Å²) in [5, 5.41) is 0. The van der Waals surface area contributed by atoms with Crippen molar-refractivity contribution in [2.75, 3.05) is 40.3 Å². The Kier molecular flexibility index (Phi) is 7.82. The maximum absolute atomic E-state index is 6.36. The van der Waals surface area contributed by atoms with Crippen molar-refractivity contribution >= 4 is 0 Å². The molecule has 1 aromatic carbocycles. The summed E-state index contributed by atoms with van der Waals surface area (Å²) in [5.41, 5.74) is 8.95. The van der Waals surface area contributed by atoms with Gasteiger partial charge in [-0.25, -0.2) is 0 Å². The molecule has 114 valence electrons. The number of hydrogen-bond donors (Lipinski definition) is 1. The molecule has 0 amide bonds. The van der Waals surface area contributed by atoms with Crippen molar-refractivity contribution in [3.63, 3.8) is 0 Å². The lowest BCUT2D eigenvalue weighted by molar-refractivity contribution is 0.234. The summed E-state index contributed by atoms with van der Waals surface area (Å²) in [4.78, 5) is 4.77. The summed E-state index contributed by atoms with van der Waals surface area (Å²) in [7, 11) is 4.26. The van der Waals surface area contributed by atoms with Crippen LogP contribution in [0.5, 0.6) is 0 Å². The molecular formula is C17H31N3.